The monoisotopic (exact) mass is 459 g/mol. The normalized spacial score (nSPS) is 18.6. The molecule has 1 saturated carbocycles. The van der Waals surface area contributed by atoms with Crippen LogP contribution in [-0.4, -0.2) is 49.5 Å². The molecule has 1 aromatic carbocycles. The summed E-state index contributed by atoms with van der Waals surface area (Å²) in [4.78, 5) is 13.2. The molecule has 1 aromatic heterocycles. The highest BCUT2D eigenvalue weighted by Gasteiger charge is 2.26. The average molecular weight is 460 g/mol. The number of rotatable bonds is 6. The van der Waals surface area contributed by atoms with Crippen LogP contribution in [0.3, 0.4) is 0 Å². The van der Waals surface area contributed by atoms with Gasteiger partial charge in [-0.1, -0.05) is 31.4 Å². The van der Waals surface area contributed by atoms with E-state index in [1.165, 1.54) is 36.4 Å². The first-order valence-corrected chi connectivity index (χ1v) is 13.0. The van der Waals surface area contributed by atoms with Crippen molar-refractivity contribution in [3.8, 4) is 0 Å². The summed E-state index contributed by atoms with van der Waals surface area (Å²) in [6.07, 6.45) is 6.16. The van der Waals surface area contributed by atoms with Gasteiger partial charge in [0.2, 0.25) is 10.0 Å². The summed E-state index contributed by atoms with van der Waals surface area (Å²) < 4.78 is 34.5. The second-order valence-corrected chi connectivity index (χ2v) is 10.7. The molecule has 2 heterocycles. The van der Waals surface area contributed by atoms with Gasteiger partial charge < -0.3 is 14.6 Å². The van der Waals surface area contributed by atoms with E-state index in [9.17, 15) is 13.2 Å². The predicted molar refractivity (Wildman–Crippen MR) is 123 cm³/mol. The van der Waals surface area contributed by atoms with Crippen molar-refractivity contribution >= 4 is 15.9 Å². The number of benzene rings is 1. The van der Waals surface area contributed by atoms with Crippen LogP contribution in [0.4, 0.5) is 0 Å². The van der Waals surface area contributed by atoms with E-state index in [4.69, 9.17) is 4.74 Å². The highest BCUT2D eigenvalue weighted by Crippen LogP contribution is 2.32. The summed E-state index contributed by atoms with van der Waals surface area (Å²) in [7, 11) is -3.51. The van der Waals surface area contributed by atoms with E-state index >= 15 is 0 Å². The molecule has 174 valence electrons. The Morgan fingerprint density at radius 2 is 1.72 bits per heavy atom. The fraction of sp³-hybridized carbons (Fsp3) is 0.542. The molecule has 0 atom stereocenters. The van der Waals surface area contributed by atoms with Gasteiger partial charge >= 0.3 is 0 Å². The number of morpholine rings is 1. The lowest BCUT2D eigenvalue weighted by atomic mass is 9.95. The van der Waals surface area contributed by atoms with Crippen molar-refractivity contribution in [3.63, 3.8) is 0 Å². The van der Waals surface area contributed by atoms with Gasteiger partial charge in [0.05, 0.1) is 23.7 Å². The number of aryl methyl sites for hydroxylation is 1. The third-order valence-corrected chi connectivity index (χ3v) is 8.57. The van der Waals surface area contributed by atoms with Gasteiger partial charge in [-0.15, -0.1) is 0 Å². The molecule has 0 bridgehead atoms. The lowest BCUT2D eigenvalue weighted by Gasteiger charge is -2.26. The maximum absolute atomic E-state index is 12.9. The number of ether oxygens (including phenoxy) is 1. The Morgan fingerprint density at radius 3 is 2.38 bits per heavy atom. The maximum atomic E-state index is 12.9. The molecule has 2 aromatic rings. The zero-order valence-electron chi connectivity index (χ0n) is 19.0. The minimum absolute atomic E-state index is 0.0924. The molecular formula is C24H33N3O4S. The van der Waals surface area contributed by atoms with E-state index in [0.29, 0.717) is 38.9 Å². The minimum Gasteiger partial charge on any atom is -0.379 e. The van der Waals surface area contributed by atoms with Crippen molar-refractivity contribution < 1.29 is 17.9 Å². The first-order valence-electron chi connectivity index (χ1n) is 11.5. The summed E-state index contributed by atoms with van der Waals surface area (Å²) in [6, 6.07) is 9.23. The van der Waals surface area contributed by atoms with Crippen molar-refractivity contribution in [2.75, 3.05) is 26.3 Å². The maximum Gasteiger partial charge on any atom is 0.253 e. The van der Waals surface area contributed by atoms with E-state index in [1.807, 2.05) is 13.0 Å². The molecule has 1 aliphatic carbocycles. The standard InChI is InChI=1S/C24H33N3O4S/c1-18-16-23(19(2)27(18)21-6-4-3-5-7-21)24(28)25-17-20-8-10-22(11-9-20)32(29,30)26-12-14-31-15-13-26/h8-11,16,21H,3-7,12-15,17H2,1-2H3,(H,25,28). The number of hydrogen-bond donors (Lipinski definition) is 1. The SMILES string of the molecule is Cc1cc(C(=O)NCc2ccc(S(=O)(=O)N3CCOCC3)cc2)c(C)n1C1CCCCC1. The average Bonchev–Trinajstić information content (AvgIpc) is 3.12. The minimum atomic E-state index is -3.51. The van der Waals surface area contributed by atoms with Crippen LogP contribution >= 0.6 is 0 Å². The molecule has 0 unspecified atom stereocenters. The Labute approximate surface area is 190 Å². The second kappa shape index (κ2) is 9.77. The van der Waals surface area contributed by atoms with Gasteiger partial charge in [-0.3, -0.25) is 4.79 Å². The molecule has 2 aliphatic rings. The van der Waals surface area contributed by atoms with E-state index in [0.717, 1.165) is 22.5 Å². The summed E-state index contributed by atoms with van der Waals surface area (Å²) in [5, 5.41) is 2.99. The summed E-state index contributed by atoms with van der Waals surface area (Å²) in [5.74, 6) is -0.0924. The highest BCUT2D eigenvalue weighted by molar-refractivity contribution is 7.89. The highest BCUT2D eigenvalue weighted by atomic mass is 32.2. The van der Waals surface area contributed by atoms with Crippen molar-refractivity contribution in [1.82, 2.24) is 14.2 Å². The molecule has 1 aliphatic heterocycles. The molecular weight excluding hydrogens is 426 g/mol. The first kappa shape index (κ1) is 23.0. The van der Waals surface area contributed by atoms with E-state index in [-0.39, 0.29) is 10.8 Å². The van der Waals surface area contributed by atoms with Gasteiger partial charge in [0, 0.05) is 37.1 Å². The van der Waals surface area contributed by atoms with Gasteiger partial charge in [0.25, 0.3) is 5.91 Å². The van der Waals surface area contributed by atoms with Crippen LogP contribution in [0.5, 0.6) is 0 Å². The number of aromatic nitrogens is 1. The third-order valence-electron chi connectivity index (χ3n) is 6.65. The number of sulfonamides is 1. The topological polar surface area (TPSA) is 80.6 Å². The summed E-state index contributed by atoms with van der Waals surface area (Å²) in [6.45, 7) is 6.05. The Kier molecular flexibility index (Phi) is 7.02. The molecule has 1 amide bonds. The molecule has 4 rings (SSSR count). The van der Waals surface area contributed by atoms with Crippen LogP contribution < -0.4 is 5.32 Å². The van der Waals surface area contributed by atoms with E-state index < -0.39 is 10.0 Å². The Balaban J connectivity index is 1.40. The number of carbonyl (C=O) groups excluding carboxylic acids is 1. The van der Waals surface area contributed by atoms with Crippen LogP contribution in [-0.2, 0) is 21.3 Å². The van der Waals surface area contributed by atoms with Crippen LogP contribution in [0, 0.1) is 13.8 Å². The van der Waals surface area contributed by atoms with Gasteiger partial charge in [0.15, 0.2) is 0 Å². The van der Waals surface area contributed by atoms with Gasteiger partial charge in [0.1, 0.15) is 0 Å². The number of carbonyl (C=O) groups is 1. The summed E-state index contributed by atoms with van der Waals surface area (Å²) >= 11 is 0. The predicted octanol–water partition coefficient (Wildman–Crippen LogP) is 3.56. The first-order chi connectivity index (χ1) is 15.4. The third kappa shape index (κ3) is 4.77. The van der Waals surface area contributed by atoms with Crippen LogP contribution in [0.25, 0.3) is 0 Å². The number of amides is 1. The lowest BCUT2D eigenvalue weighted by Crippen LogP contribution is -2.40. The van der Waals surface area contributed by atoms with Crippen molar-refractivity contribution in [2.24, 2.45) is 0 Å². The molecule has 8 heteroatoms. The van der Waals surface area contributed by atoms with Gasteiger partial charge in [-0.05, 0) is 50.5 Å². The van der Waals surface area contributed by atoms with Crippen molar-refractivity contribution in [3.05, 3.63) is 52.8 Å². The van der Waals surface area contributed by atoms with Crippen molar-refractivity contribution in [1.29, 1.82) is 0 Å². The second-order valence-electron chi connectivity index (χ2n) is 8.79. The van der Waals surface area contributed by atoms with Crippen LogP contribution in [0.2, 0.25) is 0 Å². The molecule has 1 N–H and O–H groups in total. The fourth-order valence-corrected chi connectivity index (χ4v) is 6.31. The molecule has 0 radical (unpaired) electrons. The number of nitrogens with one attached hydrogen (secondary N) is 1. The van der Waals surface area contributed by atoms with E-state index in [1.54, 1.807) is 24.3 Å². The Morgan fingerprint density at radius 1 is 1.06 bits per heavy atom. The molecule has 32 heavy (non-hydrogen) atoms. The molecule has 1 saturated heterocycles. The zero-order valence-corrected chi connectivity index (χ0v) is 19.8. The largest absolute Gasteiger partial charge is 0.379 e. The lowest BCUT2D eigenvalue weighted by molar-refractivity contribution is 0.0730. The number of hydrogen-bond acceptors (Lipinski definition) is 4. The molecule has 0 spiro atoms. The quantitative estimate of drug-likeness (QED) is 0.716. The van der Waals surface area contributed by atoms with Gasteiger partial charge in [-0.25, -0.2) is 8.42 Å². The number of nitrogens with zero attached hydrogens (tertiary/aromatic N) is 2. The van der Waals surface area contributed by atoms with Crippen LogP contribution in [0.15, 0.2) is 35.2 Å². The smallest absolute Gasteiger partial charge is 0.253 e. The zero-order chi connectivity index (χ0) is 22.7. The van der Waals surface area contributed by atoms with E-state index in [2.05, 4.69) is 16.8 Å². The van der Waals surface area contributed by atoms with Crippen molar-refractivity contribution in [2.45, 2.75) is 63.4 Å². The Bertz CT molecular complexity index is 1050. The van der Waals surface area contributed by atoms with Crippen LogP contribution in [0.1, 0.15) is 65.5 Å². The Hall–Kier alpha value is -2.16. The molecule has 7 nitrogen and oxygen atoms in total. The fourth-order valence-electron chi connectivity index (χ4n) is 4.90. The van der Waals surface area contributed by atoms with Gasteiger partial charge in [-0.2, -0.15) is 4.31 Å². The molecule has 2 fully saturated rings. The summed E-state index contributed by atoms with van der Waals surface area (Å²) in [5.41, 5.74) is 3.75.